The molecule has 0 spiro atoms. The largest absolute Gasteiger partial charge is 0.406 e. The molecule has 6 nitrogen and oxygen atoms in total. The van der Waals surface area contributed by atoms with Crippen molar-refractivity contribution >= 4 is 23.3 Å². The Morgan fingerprint density at radius 3 is 3.05 bits per heavy atom. The van der Waals surface area contributed by atoms with Gasteiger partial charge < -0.3 is 19.8 Å². The van der Waals surface area contributed by atoms with Crippen LogP contribution in [0, 0.1) is 5.82 Å². The number of aromatic nitrogens is 2. The molecule has 0 saturated carbocycles. The van der Waals surface area contributed by atoms with Gasteiger partial charge in [0.2, 0.25) is 5.89 Å². The summed E-state index contributed by atoms with van der Waals surface area (Å²) in [5, 5.41) is 13.7. The van der Waals surface area contributed by atoms with Gasteiger partial charge in [0, 0.05) is 18.7 Å². The predicted molar refractivity (Wildman–Crippen MR) is 72.6 cm³/mol. The standard InChI is InChI=1S/C12H14ClFN4O2/c1-19-5-4-15-7-11-17-18-12(20-11)16-10-6-8(13)2-3-9(10)14/h2-3,6,15H,4-5,7H2,1H3,(H,16,18). The number of halogens is 2. The van der Waals surface area contributed by atoms with Crippen LogP contribution in [0.1, 0.15) is 5.89 Å². The van der Waals surface area contributed by atoms with Crippen LogP contribution in [0.3, 0.4) is 0 Å². The van der Waals surface area contributed by atoms with Crippen LogP contribution in [0.4, 0.5) is 16.1 Å². The maximum atomic E-state index is 13.5. The fourth-order valence-electron chi connectivity index (χ4n) is 1.45. The molecule has 0 bridgehead atoms. The first kappa shape index (κ1) is 14.7. The topological polar surface area (TPSA) is 72.2 Å². The highest BCUT2D eigenvalue weighted by Crippen LogP contribution is 2.22. The van der Waals surface area contributed by atoms with Crippen LogP contribution in [0.15, 0.2) is 22.6 Å². The fraction of sp³-hybridized carbons (Fsp3) is 0.333. The molecule has 1 heterocycles. The molecule has 2 aromatic rings. The minimum Gasteiger partial charge on any atom is -0.406 e. The summed E-state index contributed by atoms with van der Waals surface area (Å²) in [4.78, 5) is 0. The van der Waals surface area contributed by atoms with Crippen LogP contribution in [0.5, 0.6) is 0 Å². The zero-order chi connectivity index (χ0) is 14.4. The fourth-order valence-corrected chi connectivity index (χ4v) is 1.63. The summed E-state index contributed by atoms with van der Waals surface area (Å²) in [5.74, 6) is -0.0570. The van der Waals surface area contributed by atoms with Crippen molar-refractivity contribution in [3.8, 4) is 0 Å². The highest BCUT2D eigenvalue weighted by Gasteiger charge is 2.09. The third-order valence-corrected chi connectivity index (χ3v) is 2.63. The van der Waals surface area contributed by atoms with Crippen molar-refractivity contribution in [1.29, 1.82) is 0 Å². The summed E-state index contributed by atoms with van der Waals surface area (Å²) in [5.41, 5.74) is 0.181. The van der Waals surface area contributed by atoms with E-state index >= 15 is 0 Å². The molecule has 0 aliphatic carbocycles. The zero-order valence-electron chi connectivity index (χ0n) is 10.8. The van der Waals surface area contributed by atoms with Gasteiger partial charge in [0.1, 0.15) is 5.82 Å². The number of benzene rings is 1. The Hall–Kier alpha value is -1.70. The predicted octanol–water partition coefficient (Wildman–Crippen LogP) is 2.34. The van der Waals surface area contributed by atoms with E-state index in [1.165, 1.54) is 18.2 Å². The van der Waals surface area contributed by atoms with E-state index in [0.29, 0.717) is 30.6 Å². The summed E-state index contributed by atoms with van der Waals surface area (Å²) in [7, 11) is 1.62. The molecule has 0 radical (unpaired) electrons. The van der Waals surface area contributed by atoms with E-state index in [-0.39, 0.29) is 11.7 Å². The maximum absolute atomic E-state index is 13.5. The van der Waals surface area contributed by atoms with Gasteiger partial charge in [-0.1, -0.05) is 16.7 Å². The van der Waals surface area contributed by atoms with Gasteiger partial charge in [-0.05, 0) is 18.2 Å². The molecule has 2 rings (SSSR count). The van der Waals surface area contributed by atoms with Gasteiger partial charge >= 0.3 is 6.01 Å². The van der Waals surface area contributed by atoms with Crippen molar-refractivity contribution in [1.82, 2.24) is 15.5 Å². The first-order valence-corrected chi connectivity index (χ1v) is 6.31. The van der Waals surface area contributed by atoms with Crippen LogP contribution in [-0.2, 0) is 11.3 Å². The molecule has 20 heavy (non-hydrogen) atoms. The third kappa shape index (κ3) is 4.16. The molecule has 0 amide bonds. The number of ether oxygens (including phenoxy) is 1. The van der Waals surface area contributed by atoms with Gasteiger partial charge in [0.05, 0.1) is 18.8 Å². The minimum atomic E-state index is -0.452. The molecular formula is C12H14ClFN4O2. The monoisotopic (exact) mass is 300 g/mol. The van der Waals surface area contributed by atoms with Crippen LogP contribution in [-0.4, -0.2) is 30.5 Å². The molecule has 1 aromatic carbocycles. The van der Waals surface area contributed by atoms with Crippen molar-refractivity contribution in [2.24, 2.45) is 0 Å². The zero-order valence-corrected chi connectivity index (χ0v) is 11.6. The second-order valence-corrected chi connectivity index (χ2v) is 4.36. The number of hydrogen-bond acceptors (Lipinski definition) is 6. The molecule has 108 valence electrons. The molecular weight excluding hydrogens is 287 g/mol. The van der Waals surface area contributed by atoms with Crippen molar-refractivity contribution in [2.75, 3.05) is 25.6 Å². The second-order valence-electron chi connectivity index (χ2n) is 3.92. The van der Waals surface area contributed by atoms with E-state index in [1.807, 2.05) is 0 Å². The van der Waals surface area contributed by atoms with E-state index in [4.69, 9.17) is 20.8 Å². The number of hydrogen-bond donors (Lipinski definition) is 2. The summed E-state index contributed by atoms with van der Waals surface area (Å²) in [6.07, 6.45) is 0. The Kier molecular flexibility index (Phi) is 5.28. The maximum Gasteiger partial charge on any atom is 0.320 e. The Morgan fingerprint density at radius 2 is 2.25 bits per heavy atom. The van der Waals surface area contributed by atoms with Crippen molar-refractivity contribution in [3.63, 3.8) is 0 Å². The van der Waals surface area contributed by atoms with E-state index < -0.39 is 5.82 Å². The average Bonchev–Trinajstić information content (AvgIpc) is 2.87. The molecule has 0 saturated heterocycles. The number of methoxy groups -OCH3 is 1. The molecule has 0 unspecified atom stereocenters. The van der Waals surface area contributed by atoms with Crippen LogP contribution in [0.2, 0.25) is 5.02 Å². The molecule has 0 fully saturated rings. The molecule has 2 N–H and O–H groups in total. The summed E-state index contributed by atoms with van der Waals surface area (Å²) in [6.45, 7) is 1.67. The van der Waals surface area contributed by atoms with Crippen LogP contribution < -0.4 is 10.6 Å². The van der Waals surface area contributed by atoms with Gasteiger partial charge in [-0.3, -0.25) is 0 Å². The summed E-state index contributed by atoms with van der Waals surface area (Å²) in [6, 6.07) is 4.27. The van der Waals surface area contributed by atoms with Crippen LogP contribution in [0.25, 0.3) is 0 Å². The van der Waals surface area contributed by atoms with E-state index in [9.17, 15) is 4.39 Å². The lowest BCUT2D eigenvalue weighted by Gasteiger charge is -2.03. The molecule has 0 aliphatic rings. The van der Waals surface area contributed by atoms with Gasteiger partial charge in [-0.2, -0.15) is 0 Å². The number of nitrogens with one attached hydrogen (secondary N) is 2. The lowest BCUT2D eigenvalue weighted by Crippen LogP contribution is -2.18. The first-order chi connectivity index (χ1) is 9.69. The van der Waals surface area contributed by atoms with E-state index in [1.54, 1.807) is 7.11 Å². The quantitative estimate of drug-likeness (QED) is 0.765. The minimum absolute atomic E-state index is 0.106. The highest BCUT2D eigenvalue weighted by molar-refractivity contribution is 6.30. The lowest BCUT2D eigenvalue weighted by molar-refractivity contribution is 0.198. The Bertz CT molecular complexity index is 564. The van der Waals surface area contributed by atoms with Crippen LogP contribution >= 0.6 is 11.6 Å². The molecule has 8 heteroatoms. The number of anilines is 2. The normalized spacial score (nSPS) is 10.8. The van der Waals surface area contributed by atoms with Gasteiger partial charge in [0.15, 0.2) is 0 Å². The average molecular weight is 301 g/mol. The Morgan fingerprint density at radius 1 is 1.40 bits per heavy atom. The van der Waals surface area contributed by atoms with Gasteiger partial charge in [-0.25, -0.2) is 4.39 Å². The summed E-state index contributed by atoms with van der Waals surface area (Å²) < 4.78 is 23.7. The lowest BCUT2D eigenvalue weighted by atomic mass is 10.3. The highest BCUT2D eigenvalue weighted by atomic mass is 35.5. The summed E-state index contributed by atoms with van der Waals surface area (Å²) >= 11 is 5.79. The van der Waals surface area contributed by atoms with Gasteiger partial charge in [-0.15, -0.1) is 5.10 Å². The van der Waals surface area contributed by atoms with E-state index in [2.05, 4.69) is 20.8 Å². The van der Waals surface area contributed by atoms with E-state index in [0.717, 1.165) is 0 Å². The number of nitrogens with zero attached hydrogens (tertiary/aromatic N) is 2. The van der Waals surface area contributed by atoms with Crippen molar-refractivity contribution < 1.29 is 13.5 Å². The smallest absolute Gasteiger partial charge is 0.320 e. The molecule has 1 aromatic heterocycles. The molecule has 0 atom stereocenters. The second kappa shape index (κ2) is 7.18. The Labute approximate surface area is 120 Å². The number of rotatable bonds is 7. The SMILES string of the molecule is COCCNCc1nnc(Nc2cc(Cl)ccc2F)o1. The first-order valence-electron chi connectivity index (χ1n) is 5.93. The van der Waals surface area contributed by atoms with Crippen molar-refractivity contribution in [2.45, 2.75) is 6.54 Å². The molecule has 0 aliphatic heterocycles. The van der Waals surface area contributed by atoms with Crippen molar-refractivity contribution in [3.05, 3.63) is 34.9 Å². The van der Waals surface area contributed by atoms with Gasteiger partial charge in [0.25, 0.3) is 0 Å². The Balaban J connectivity index is 1.93. The third-order valence-electron chi connectivity index (χ3n) is 2.40.